The Kier molecular flexibility index (Phi) is 6.42. The van der Waals surface area contributed by atoms with Crippen molar-refractivity contribution in [3.63, 3.8) is 0 Å². The number of carboxylic acids is 1. The van der Waals surface area contributed by atoms with Crippen LogP contribution in [0.2, 0.25) is 0 Å². The summed E-state index contributed by atoms with van der Waals surface area (Å²) in [7, 11) is 0. The van der Waals surface area contributed by atoms with E-state index in [0.717, 1.165) is 16.8 Å². The molecule has 0 heterocycles. The summed E-state index contributed by atoms with van der Waals surface area (Å²) in [5.41, 5.74) is 2.98. The van der Waals surface area contributed by atoms with Gasteiger partial charge in [0.2, 0.25) is 5.91 Å². The van der Waals surface area contributed by atoms with Crippen LogP contribution in [0.5, 0.6) is 0 Å². The first-order valence-corrected chi connectivity index (χ1v) is 7.32. The molecule has 0 saturated carbocycles. The van der Waals surface area contributed by atoms with Crippen molar-refractivity contribution in [3.8, 4) is 0 Å². The number of para-hydroxylation sites is 1. The Morgan fingerprint density at radius 2 is 1.89 bits per heavy atom. The van der Waals surface area contributed by atoms with E-state index in [1.54, 1.807) is 0 Å². The first kappa shape index (κ1) is 15.6. The van der Waals surface area contributed by atoms with Gasteiger partial charge in [-0.1, -0.05) is 18.2 Å². The van der Waals surface area contributed by atoms with Gasteiger partial charge in [-0.25, -0.2) is 0 Å². The molecule has 4 nitrogen and oxygen atoms in total. The van der Waals surface area contributed by atoms with E-state index >= 15 is 0 Å². The number of carboxylic acid groups (broad SMARTS) is 1. The van der Waals surface area contributed by atoms with Gasteiger partial charge in [0, 0.05) is 12.1 Å². The molecule has 0 atom stereocenters. The van der Waals surface area contributed by atoms with Crippen LogP contribution in [0.15, 0.2) is 18.2 Å². The van der Waals surface area contributed by atoms with Crippen molar-refractivity contribution in [1.82, 2.24) is 0 Å². The monoisotopic (exact) mass is 281 g/mol. The number of carbonyl (C=O) groups is 2. The molecule has 0 aliphatic rings. The Bertz CT molecular complexity index is 440. The largest absolute Gasteiger partial charge is 0.481 e. The van der Waals surface area contributed by atoms with Gasteiger partial charge in [-0.2, -0.15) is 11.8 Å². The van der Waals surface area contributed by atoms with E-state index in [2.05, 4.69) is 5.32 Å². The Balaban J connectivity index is 2.33. The van der Waals surface area contributed by atoms with Gasteiger partial charge in [0.1, 0.15) is 0 Å². The summed E-state index contributed by atoms with van der Waals surface area (Å²) in [6.07, 6.45) is 1.11. The number of carbonyl (C=O) groups excluding carboxylic acids is 1. The summed E-state index contributed by atoms with van der Waals surface area (Å²) in [6, 6.07) is 5.89. The smallest absolute Gasteiger partial charge is 0.313 e. The van der Waals surface area contributed by atoms with Crippen molar-refractivity contribution in [2.45, 2.75) is 26.7 Å². The van der Waals surface area contributed by atoms with Crippen LogP contribution < -0.4 is 5.32 Å². The van der Waals surface area contributed by atoms with Gasteiger partial charge in [-0.15, -0.1) is 0 Å². The summed E-state index contributed by atoms with van der Waals surface area (Å²) in [5, 5.41) is 11.4. The Labute approximate surface area is 117 Å². The highest BCUT2D eigenvalue weighted by Crippen LogP contribution is 2.19. The van der Waals surface area contributed by atoms with E-state index in [4.69, 9.17) is 5.11 Å². The van der Waals surface area contributed by atoms with Crippen molar-refractivity contribution in [1.29, 1.82) is 0 Å². The van der Waals surface area contributed by atoms with Crippen LogP contribution in [0.25, 0.3) is 0 Å². The standard InChI is InChI=1S/C14H19NO3S/c1-10-5-3-6-11(2)14(10)15-12(16)7-4-8-19-9-13(17)18/h3,5-6H,4,7-9H2,1-2H3,(H,15,16)(H,17,18). The molecule has 2 N–H and O–H groups in total. The maximum Gasteiger partial charge on any atom is 0.313 e. The molecule has 0 bridgehead atoms. The normalized spacial score (nSPS) is 10.2. The summed E-state index contributed by atoms with van der Waals surface area (Å²) in [5.74, 6) is -0.0522. The minimum atomic E-state index is -0.815. The average molecular weight is 281 g/mol. The molecule has 104 valence electrons. The van der Waals surface area contributed by atoms with Gasteiger partial charge in [0.25, 0.3) is 0 Å². The number of rotatable bonds is 7. The highest BCUT2D eigenvalue weighted by molar-refractivity contribution is 7.99. The number of hydrogen-bond acceptors (Lipinski definition) is 3. The summed E-state index contributed by atoms with van der Waals surface area (Å²) >= 11 is 1.34. The quantitative estimate of drug-likeness (QED) is 0.754. The number of amides is 1. The van der Waals surface area contributed by atoms with E-state index in [1.165, 1.54) is 11.8 Å². The summed E-state index contributed by atoms with van der Waals surface area (Å²) in [4.78, 5) is 22.1. The number of anilines is 1. The fourth-order valence-corrected chi connectivity index (χ4v) is 2.38. The van der Waals surface area contributed by atoms with Crippen LogP contribution in [0, 0.1) is 13.8 Å². The van der Waals surface area contributed by atoms with Crippen molar-refractivity contribution in [3.05, 3.63) is 29.3 Å². The third-order valence-electron chi connectivity index (χ3n) is 2.66. The van der Waals surface area contributed by atoms with Crippen LogP contribution in [-0.2, 0) is 9.59 Å². The van der Waals surface area contributed by atoms with Gasteiger partial charge in [0.05, 0.1) is 5.75 Å². The Hall–Kier alpha value is -1.49. The molecule has 0 unspecified atom stereocenters. The van der Waals surface area contributed by atoms with Crippen LogP contribution in [-0.4, -0.2) is 28.5 Å². The zero-order chi connectivity index (χ0) is 14.3. The van der Waals surface area contributed by atoms with Crippen LogP contribution in [0.4, 0.5) is 5.69 Å². The lowest BCUT2D eigenvalue weighted by Crippen LogP contribution is -2.13. The molecular weight excluding hydrogens is 262 g/mol. The Morgan fingerprint density at radius 3 is 2.47 bits per heavy atom. The van der Waals surface area contributed by atoms with Crippen LogP contribution in [0.3, 0.4) is 0 Å². The molecular formula is C14H19NO3S. The molecule has 0 radical (unpaired) electrons. The molecule has 5 heteroatoms. The van der Waals surface area contributed by atoms with E-state index in [-0.39, 0.29) is 11.7 Å². The van der Waals surface area contributed by atoms with Crippen molar-refractivity contribution in [2.24, 2.45) is 0 Å². The van der Waals surface area contributed by atoms with Crippen molar-refractivity contribution >= 4 is 29.3 Å². The second kappa shape index (κ2) is 7.84. The number of hydrogen-bond donors (Lipinski definition) is 2. The second-order valence-corrected chi connectivity index (χ2v) is 5.47. The highest BCUT2D eigenvalue weighted by atomic mass is 32.2. The minimum absolute atomic E-state index is 0.0201. The third-order valence-corrected chi connectivity index (χ3v) is 3.69. The van der Waals surface area contributed by atoms with Gasteiger partial charge in [-0.3, -0.25) is 9.59 Å². The summed E-state index contributed by atoms with van der Waals surface area (Å²) < 4.78 is 0. The van der Waals surface area contributed by atoms with E-state index in [0.29, 0.717) is 18.6 Å². The van der Waals surface area contributed by atoms with Crippen molar-refractivity contribution in [2.75, 3.05) is 16.8 Å². The second-order valence-electron chi connectivity index (χ2n) is 4.36. The third kappa shape index (κ3) is 5.79. The van der Waals surface area contributed by atoms with Crippen LogP contribution in [0.1, 0.15) is 24.0 Å². The number of thioether (sulfide) groups is 1. The van der Waals surface area contributed by atoms with E-state index < -0.39 is 5.97 Å². The van der Waals surface area contributed by atoms with Gasteiger partial charge in [0.15, 0.2) is 0 Å². The maximum atomic E-state index is 11.8. The minimum Gasteiger partial charge on any atom is -0.481 e. The van der Waals surface area contributed by atoms with Crippen molar-refractivity contribution < 1.29 is 14.7 Å². The van der Waals surface area contributed by atoms with Gasteiger partial charge < -0.3 is 10.4 Å². The van der Waals surface area contributed by atoms with E-state index in [9.17, 15) is 9.59 Å². The molecule has 19 heavy (non-hydrogen) atoms. The molecule has 0 aliphatic heterocycles. The average Bonchev–Trinajstić information content (AvgIpc) is 2.33. The molecule has 1 aromatic rings. The molecule has 1 amide bonds. The van der Waals surface area contributed by atoms with E-state index in [1.807, 2.05) is 32.0 Å². The molecule has 0 saturated heterocycles. The molecule has 0 spiro atoms. The first-order valence-electron chi connectivity index (χ1n) is 6.16. The fraction of sp³-hybridized carbons (Fsp3) is 0.429. The number of aryl methyl sites for hydroxylation is 2. The predicted molar refractivity (Wildman–Crippen MR) is 78.7 cm³/mol. The zero-order valence-corrected chi connectivity index (χ0v) is 12.0. The molecule has 1 aromatic carbocycles. The predicted octanol–water partition coefficient (Wildman–Crippen LogP) is 2.84. The number of aliphatic carboxylic acids is 1. The maximum absolute atomic E-state index is 11.8. The lowest BCUT2D eigenvalue weighted by molar-refractivity contribution is -0.133. The fourth-order valence-electron chi connectivity index (χ4n) is 1.71. The zero-order valence-electron chi connectivity index (χ0n) is 11.2. The lowest BCUT2D eigenvalue weighted by atomic mass is 10.1. The highest BCUT2D eigenvalue weighted by Gasteiger charge is 2.07. The Morgan fingerprint density at radius 1 is 1.26 bits per heavy atom. The summed E-state index contributed by atoms with van der Waals surface area (Å²) in [6.45, 7) is 3.93. The first-order chi connectivity index (χ1) is 9.00. The molecule has 0 fully saturated rings. The lowest BCUT2D eigenvalue weighted by Gasteiger charge is -2.11. The topological polar surface area (TPSA) is 66.4 Å². The SMILES string of the molecule is Cc1cccc(C)c1NC(=O)CCCSCC(=O)O. The number of benzene rings is 1. The van der Waals surface area contributed by atoms with Gasteiger partial charge in [-0.05, 0) is 37.1 Å². The van der Waals surface area contributed by atoms with Gasteiger partial charge >= 0.3 is 5.97 Å². The van der Waals surface area contributed by atoms with Crippen LogP contribution >= 0.6 is 11.8 Å². The molecule has 0 aliphatic carbocycles. The molecule has 0 aromatic heterocycles. The molecule has 1 rings (SSSR count). The number of nitrogens with one attached hydrogen (secondary N) is 1.